The van der Waals surface area contributed by atoms with Crippen molar-refractivity contribution in [1.82, 2.24) is 0 Å². The molecule has 0 atom stereocenters. The van der Waals surface area contributed by atoms with Crippen LogP contribution in [0.15, 0.2) is 51.4 Å². The first-order valence-corrected chi connectivity index (χ1v) is 8.33. The minimum absolute atomic E-state index is 0.0357. The van der Waals surface area contributed by atoms with Crippen molar-refractivity contribution in [3.05, 3.63) is 58.0 Å². The number of ether oxygens (including phenoxy) is 1. The number of phenols is 3. The molecule has 0 aliphatic heterocycles. The number of allylic oxidation sites excluding steroid dienone is 2. The standard InChI is InChI=1S/C21H20O6/c1-11(2)4-5-12-6-13(7-17(24)21(12)26-3)15-10-27-18-9-14(22)8-16(23)19(18)20(15)25/h4,6-10,22-24H,5H2,1-3H3. The first-order chi connectivity index (χ1) is 12.8. The number of hydrogen-bond donors (Lipinski definition) is 3. The lowest BCUT2D eigenvalue weighted by atomic mass is 9.99. The van der Waals surface area contributed by atoms with Crippen molar-refractivity contribution in [3.8, 4) is 34.1 Å². The largest absolute Gasteiger partial charge is 0.508 e. The summed E-state index contributed by atoms with van der Waals surface area (Å²) in [6, 6.07) is 5.49. The summed E-state index contributed by atoms with van der Waals surface area (Å²) in [7, 11) is 1.47. The highest BCUT2D eigenvalue weighted by molar-refractivity contribution is 5.88. The van der Waals surface area contributed by atoms with Crippen molar-refractivity contribution < 1.29 is 24.5 Å². The predicted molar refractivity (Wildman–Crippen MR) is 103 cm³/mol. The number of hydrogen-bond acceptors (Lipinski definition) is 6. The van der Waals surface area contributed by atoms with Gasteiger partial charge in [-0.3, -0.25) is 4.79 Å². The van der Waals surface area contributed by atoms with Gasteiger partial charge in [0.25, 0.3) is 0 Å². The normalized spacial score (nSPS) is 10.8. The summed E-state index contributed by atoms with van der Waals surface area (Å²) in [5, 5.41) is 29.9. The van der Waals surface area contributed by atoms with Crippen molar-refractivity contribution in [2.45, 2.75) is 20.3 Å². The molecule has 6 heteroatoms. The van der Waals surface area contributed by atoms with Crippen LogP contribution >= 0.6 is 0 Å². The van der Waals surface area contributed by atoms with Crippen molar-refractivity contribution >= 4 is 11.0 Å². The highest BCUT2D eigenvalue weighted by atomic mass is 16.5. The van der Waals surface area contributed by atoms with Crippen LogP contribution in [0.2, 0.25) is 0 Å². The Morgan fingerprint density at radius 3 is 2.52 bits per heavy atom. The quantitative estimate of drug-likeness (QED) is 0.600. The summed E-state index contributed by atoms with van der Waals surface area (Å²) in [6.07, 6.45) is 3.75. The smallest absolute Gasteiger partial charge is 0.204 e. The highest BCUT2D eigenvalue weighted by Gasteiger charge is 2.17. The zero-order chi connectivity index (χ0) is 19.7. The number of fused-ring (bicyclic) bond motifs is 1. The summed E-state index contributed by atoms with van der Waals surface area (Å²) < 4.78 is 10.7. The molecular formula is C21H20O6. The molecule has 0 aliphatic carbocycles. The van der Waals surface area contributed by atoms with Gasteiger partial charge in [0, 0.05) is 17.7 Å². The van der Waals surface area contributed by atoms with Crippen LogP contribution in [-0.4, -0.2) is 22.4 Å². The van der Waals surface area contributed by atoms with E-state index >= 15 is 0 Å². The fourth-order valence-electron chi connectivity index (χ4n) is 2.95. The first kappa shape index (κ1) is 18.4. The number of methoxy groups -OCH3 is 1. The molecule has 3 aromatic rings. The van der Waals surface area contributed by atoms with Gasteiger partial charge in [-0.25, -0.2) is 0 Å². The van der Waals surface area contributed by atoms with Crippen LogP contribution in [0.5, 0.6) is 23.0 Å². The molecule has 3 rings (SSSR count). The van der Waals surface area contributed by atoms with E-state index in [0.29, 0.717) is 23.3 Å². The number of phenolic OH excluding ortho intramolecular Hbond substituents is 3. The topological polar surface area (TPSA) is 100 Å². The molecule has 3 N–H and O–H groups in total. The summed E-state index contributed by atoms with van der Waals surface area (Å²) in [5.74, 6) is -0.333. The third-order valence-corrected chi connectivity index (χ3v) is 4.23. The van der Waals surface area contributed by atoms with Gasteiger partial charge in [0.1, 0.15) is 28.7 Å². The average Bonchev–Trinajstić information content (AvgIpc) is 2.59. The molecule has 0 radical (unpaired) electrons. The van der Waals surface area contributed by atoms with E-state index < -0.39 is 5.43 Å². The van der Waals surface area contributed by atoms with Gasteiger partial charge in [0.05, 0.1) is 12.7 Å². The molecule has 1 aromatic heterocycles. The molecule has 0 spiro atoms. The van der Waals surface area contributed by atoms with Crippen molar-refractivity contribution in [1.29, 1.82) is 0 Å². The summed E-state index contributed by atoms with van der Waals surface area (Å²) in [5.41, 5.74) is 2.05. The summed E-state index contributed by atoms with van der Waals surface area (Å²) in [4.78, 5) is 12.9. The fourth-order valence-corrected chi connectivity index (χ4v) is 2.95. The Hall–Kier alpha value is -3.41. The van der Waals surface area contributed by atoms with Crippen molar-refractivity contribution in [3.63, 3.8) is 0 Å². The summed E-state index contributed by atoms with van der Waals surface area (Å²) >= 11 is 0. The van der Waals surface area contributed by atoms with E-state index in [2.05, 4.69) is 0 Å². The number of rotatable bonds is 4. The maximum Gasteiger partial charge on any atom is 0.204 e. The third kappa shape index (κ3) is 3.46. The van der Waals surface area contributed by atoms with E-state index in [-0.39, 0.29) is 33.8 Å². The van der Waals surface area contributed by atoms with Crippen molar-refractivity contribution in [2.75, 3.05) is 7.11 Å². The van der Waals surface area contributed by atoms with Crippen LogP contribution in [0.25, 0.3) is 22.1 Å². The lowest BCUT2D eigenvalue weighted by Gasteiger charge is -2.12. The van der Waals surface area contributed by atoms with E-state index in [1.807, 2.05) is 19.9 Å². The Morgan fingerprint density at radius 1 is 1.11 bits per heavy atom. The lowest BCUT2D eigenvalue weighted by Crippen LogP contribution is -2.05. The molecular weight excluding hydrogens is 348 g/mol. The molecule has 0 unspecified atom stereocenters. The van der Waals surface area contributed by atoms with Gasteiger partial charge in [0.15, 0.2) is 11.5 Å². The fraction of sp³-hybridized carbons (Fsp3) is 0.190. The first-order valence-electron chi connectivity index (χ1n) is 8.33. The van der Waals surface area contributed by atoms with E-state index in [4.69, 9.17) is 9.15 Å². The van der Waals surface area contributed by atoms with Crippen LogP contribution < -0.4 is 10.2 Å². The molecule has 6 nitrogen and oxygen atoms in total. The van der Waals surface area contributed by atoms with E-state index in [9.17, 15) is 20.1 Å². The molecule has 140 valence electrons. The van der Waals surface area contributed by atoms with E-state index in [0.717, 1.165) is 11.6 Å². The SMILES string of the molecule is COc1c(O)cc(-c2coc3cc(O)cc(O)c3c2=O)cc1CC=C(C)C. The molecule has 0 fully saturated rings. The van der Waals surface area contributed by atoms with Gasteiger partial charge in [-0.1, -0.05) is 11.6 Å². The zero-order valence-electron chi connectivity index (χ0n) is 15.2. The Balaban J connectivity index is 2.23. The van der Waals surface area contributed by atoms with Gasteiger partial charge in [0.2, 0.25) is 5.43 Å². The predicted octanol–water partition coefficient (Wildman–Crippen LogP) is 4.09. The molecule has 0 aliphatic rings. The van der Waals surface area contributed by atoms with Crippen molar-refractivity contribution in [2.24, 2.45) is 0 Å². The molecule has 0 saturated carbocycles. The highest BCUT2D eigenvalue weighted by Crippen LogP contribution is 2.36. The third-order valence-electron chi connectivity index (χ3n) is 4.23. The van der Waals surface area contributed by atoms with Crippen LogP contribution in [0.1, 0.15) is 19.4 Å². The average molecular weight is 368 g/mol. The zero-order valence-corrected chi connectivity index (χ0v) is 15.2. The monoisotopic (exact) mass is 368 g/mol. The van der Waals surface area contributed by atoms with Crippen LogP contribution in [0.4, 0.5) is 0 Å². The van der Waals surface area contributed by atoms with Gasteiger partial charge >= 0.3 is 0 Å². The maximum atomic E-state index is 12.9. The Kier molecular flexibility index (Phi) is 4.81. The van der Waals surface area contributed by atoms with Gasteiger partial charge in [-0.15, -0.1) is 0 Å². The second-order valence-corrected chi connectivity index (χ2v) is 6.49. The maximum absolute atomic E-state index is 12.9. The van der Waals surface area contributed by atoms with Crippen LogP contribution in [-0.2, 0) is 6.42 Å². The Labute approximate surface area is 155 Å². The Bertz CT molecular complexity index is 1100. The van der Waals surface area contributed by atoms with Gasteiger partial charge in [-0.2, -0.15) is 0 Å². The molecule has 1 heterocycles. The van der Waals surface area contributed by atoms with E-state index in [1.54, 1.807) is 6.07 Å². The van der Waals surface area contributed by atoms with Gasteiger partial charge in [-0.05, 0) is 38.0 Å². The number of benzene rings is 2. The van der Waals surface area contributed by atoms with Crippen LogP contribution in [0.3, 0.4) is 0 Å². The minimum Gasteiger partial charge on any atom is -0.508 e. The molecule has 0 saturated heterocycles. The molecule has 27 heavy (non-hydrogen) atoms. The number of aromatic hydroxyl groups is 3. The second kappa shape index (κ2) is 7.07. The second-order valence-electron chi connectivity index (χ2n) is 6.49. The summed E-state index contributed by atoms with van der Waals surface area (Å²) in [6.45, 7) is 3.93. The van der Waals surface area contributed by atoms with Gasteiger partial charge < -0.3 is 24.5 Å². The minimum atomic E-state index is -0.466. The van der Waals surface area contributed by atoms with Crippen LogP contribution in [0, 0.1) is 0 Å². The lowest BCUT2D eigenvalue weighted by molar-refractivity contribution is 0.370. The molecule has 0 bridgehead atoms. The molecule has 2 aromatic carbocycles. The van der Waals surface area contributed by atoms with E-state index in [1.165, 1.54) is 25.5 Å². The Morgan fingerprint density at radius 2 is 1.85 bits per heavy atom. The molecule has 0 amide bonds.